The first kappa shape index (κ1) is 14.6. The van der Waals surface area contributed by atoms with E-state index in [1.54, 1.807) is 18.2 Å². The standard InChI is InChI=1S/C14H16N2O3S/c1-11(16-13-6-9-20(17,18)10-13)12-2-4-14(5-3-12)19-8-7-15/h2-6,9,11,13,16H,8,10H2,1H3. The van der Waals surface area contributed by atoms with E-state index in [0.29, 0.717) is 5.75 Å². The monoisotopic (exact) mass is 292 g/mol. The fourth-order valence-electron chi connectivity index (χ4n) is 2.07. The van der Waals surface area contributed by atoms with Gasteiger partial charge in [0.15, 0.2) is 16.4 Å². The van der Waals surface area contributed by atoms with Crippen LogP contribution >= 0.6 is 0 Å². The van der Waals surface area contributed by atoms with Crippen LogP contribution in [0.3, 0.4) is 0 Å². The minimum absolute atomic E-state index is 0.0257. The number of rotatable bonds is 5. The molecule has 1 aliphatic rings. The molecule has 2 rings (SSSR count). The third-order valence-corrected chi connectivity index (χ3v) is 4.47. The van der Waals surface area contributed by atoms with Crippen molar-refractivity contribution in [1.29, 1.82) is 5.26 Å². The molecule has 0 fully saturated rings. The van der Waals surface area contributed by atoms with Crippen molar-refractivity contribution in [2.24, 2.45) is 0 Å². The third-order valence-electron chi connectivity index (χ3n) is 3.08. The number of benzene rings is 1. The molecule has 5 nitrogen and oxygen atoms in total. The van der Waals surface area contributed by atoms with E-state index in [2.05, 4.69) is 5.32 Å². The van der Waals surface area contributed by atoms with Crippen LogP contribution in [0.5, 0.6) is 5.75 Å². The molecule has 1 aliphatic heterocycles. The van der Waals surface area contributed by atoms with E-state index in [9.17, 15) is 8.42 Å². The van der Waals surface area contributed by atoms with Crippen molar-refractivity contribution in [2.45, 2.75) is 19.0 Å². The second-order valence-corrected chi connectivity index (χ2v) is 6.60. The molecule has 0 spiro atoms. The Labute approximate surface area is 118 Å². The Hall–Kier alpha value is -1.84. The molecule has 106 valence electrons. The molecule has 1 aromatic rings. The Morgan fingerprint density at radius 2 is 2.15 bits per heavy atom. The largest absolute Gasteiger partial charge is 0.479 e. The van der Waals surface area contributed by atoms with Crippen LogP contribution in [0, 0.1) is 11.3 Å². The van der Waals surface area contributed by atoms with Gasteiger partial charge in [0.1, 0.15) is 11.8 Å². The van der Waals surface area contributed by atoms with Gasteiger partial charge in [0.2, 0.25) is 0 Å². The normalized spacial score (nSPS) is 21.3. The first-order valence-electron chi connectivity index (χ1n) is 6.27. The van der Waals surface area contributed by atoms with E-state index in [1.807, 2.05) is 25.1 Å². The van der Waals surface area contributed by atoms with Crippen molar-refractivity contribution in [2.75, 3.05) is 12.4 Å². The lowest BCUT2D eigenvalue weighted by Gasteiger charge is -2.18. The molecule has 0 amide bonds. The lowest BCUT2D eigenvalue weighted by molar-refractivity contribution is 0.368. The van der Waals surface area contributed by atoms with Crippen LogP contribution in [0.25, 0.3) is 0 Å². The number of nitriles is 1. The average molecular weight is 292 g/mol. The van der Waals surface area contributed by atoms with Crippen molar-refractivity contribution in [3.63, 3.8) is 0 Å². The van der Waals surface area contributed by atoms with E-state index >= 15 is 0 Å². The van der Waals surface area contributed by atoms with Crippen LogP contribution in [-0.4, -0.2) is 26.8 Å². The topological polar surface area (TPSA) is 79.2 Å². The summed E-state index contributed by atoms with van der Waals surface area (Å²) in [5.41, 5.74) is 1.03. The molecule has 1 N–H and O–H groups in total. The molecule has 2 atom stereocenters. The van der Waals surface area contributed by atoms with Gasteiger partial charge in [0.05, 0.1) is 5.75 Å². The summed E-state index contributed by atoms with van der Waals surface area (Å²) in [7, 11) is -3.03. The number of ether oxygens (including phenoxy) is 1. The van der Waals surface area contributed by atoms with Gasteiger partial charge in [-0.3, -0.25) is 0 Å². The Morgan fingerprint density at radius 1 is 1.45 bits per heavy atom. The molecule has 0 bridgehead atoms. The summed E-state index contributed by atoms with van der Waals surface area (Å²) in [5, 5.41) is 12.9. The van der Waals surface area contributed by atoms with Crippen LogP contribution in [-0.2, 0) is 9.84 Å². The average Bonchev–Trinajstić information content (AvgIpc) is 2.76. The van der Waals surface area contributed by atoms with Crippen LogP contribution < -0.4 is 10.1 Å². The Morgan fingerprint density at radius 3 is 2.70 bits per heavy atom. The lowest BCUT2D eigenvalue weighted by atomic mass is 10.1. The van der Waals surface area contributed by atoms with Gasteiger partial charge in [-0.2, -0.15) is 5.26 Å². The van der Waals surface area contributed by atoms with Crippen molar-refractivity contribution < 1.29 is 13.2 Å². The van der Waals surface area contributed by atoms with E-state index < -0.39 is 9.84 Å². The zero-order valence-electron chi connectivity index (χ0n) is 11.1. The van der Waals surface area contributed by atoms with Gasteiger partial charge in [-0.1, -0.05) is 18.2 Å². The second-order valence-electron chi connectivity index (χ2n) is 4.67. The highest BCUT2D eigenvalue weighted by atomic mass is 32.2. The Balaban J connectivity index is 1.95. The highest BCUT2D eigenvalue weighted by Crippen LogP contribution is 2.19. The molecule has 1 heterocycles. The number of hydrogen-bond donors (Lipinski definition) is 1. The summed E-state index contributed by atoms with van der Waals surface area (Å²) in [4.78, 5) is 0. The van der Waals surface area contributed by atoms with Gasteiger partial charge in [0.25, 0.3) is 0 Å². The molecule has 0 radical (unpaired) electrons. The van der Waals surface area contributed by atoms with E-state index in [4.69, 9.17) is 10.00 Å². The summed E-state index contributed by atoms with van der Waals surface area (Å²) in [6.45, 7) is 2.00. The maximum atomic E-state index is 11.3. The lowest BCUT2D eigenvalue weighted by Crippen LogP contribution is -2.32. The molecule has 0 aromatic heterocycles. The summed E-state index contributed by atoms with van der Waals surface area (Å²) in [6, 6.07) is 9.19. The summed E-state index contributed by atoms with van der Waals surface area (Å²) in [6.07, 6.45) is 1.68. The quantitative estimate of drug-likeness (QED) is 0.890. The minimum Gasteiger partial charge on any atom is -0.479 e. The van der Waals surface area contributed by atoms with Crippen LogP contribution in [0.15, 0.2) is 35.7 Å². The van der Waals surface area contributed by atoms with Crippen molar-refractivity contribution in [1.82, 2.24) is 5.32 Å². The predicted molar refractivity (Wildman–Crippen MR) is 75.8 cm³/mol. The molecular weight excluding hydrogens is 276 g/mol. The molecule has 1 aromatic carbocycles. The van der Waals surface area contributed by atoms with Crippen molar-refractivity contribution in [3.8, 4) is 11.8 Å². The summed E-state index contributed by atoms with van der Waals surface area (Å²) >= 11 is 0. The van der Waals surface area contributed by atoms with Crippen molar-refractivity contribution >= 4 is 9.84 Å². The van der Waals surface area contributed by atoms with E-state index in [-0.39, 0.29) is 24.4 Å². The first-order valence-corrected chi connectivity index (χ1v) is 7.98. The Kier molecular flexibility index (Phi) is 4.42. The molecule has 6 heteroatoms. The molecule has 0 saturated carbocycles. The second kappa shape index (κ2) is 6.07. The number of sulfone groups is 1. The van der Waals surface area contributed by atoms with Crippen LogP contribution in [0.4, 0.5) is 0 Å². The smallest absolute Gasteiger partial charge is 0.174 e. The number of hydrogen-bond acceptors (Lipinski definition) is 5. The molecule has 2 unspecified atom stereocenters. The van der Waals surface area contributed by atoms with Gasteiger partial charge >= 0.3 is 0 Å². The summed E-state index contributed by atoms with van der Waals surface area (Å²) < 4.78 is 27.8. The SMILES string of the molecule is CC(NC1C=CS(=O)(=O)C1)c1ccc(OCC#N)cc1. The zero-order chi connectivity index (χ0) is 14.6. The fraction of sp³-hybridized carbons (Fsp3) is 0.357. The van der Waals surface area contributed by atoms with Gasteiger partial charge in [-0.05, 0) is 24.6 Å². The van der Waals surface area contributed by atoms with Gasteiger partial charge < -0.3 is 10.1 Å². The third kappa shape index (κ3) is 3.83. The van der Waals surface area contributed by atoms with Crippen molar-refractivity contribution in [3.05, 3.63) is 41.3 Å². The molecule has 20 heavy (non-hydrogen) atoms. The predicted octanol–water partition coefficient (Wildman–Crippen LogP) is 1.55. The maximum absolute atomic E-state index is 11.3. The van der Waals surface area contributed by atoms with E-state index in [1.165, 1.54) is 5.41 Å². The van der Waals surface area contributed by atoms with Crippen LogP contribution in [0.2, 0.25) is 0 Å². The molecular formula is C14H16N2O3S. The van der Waals surface area contributed by atoms with Gasteiger partial charge in [-0.15, -0.1) is 0 Å². The Bertz CT molecular complexity index is 629. The summed E-state index contributed by atoms with van der Waals surface area (Å²) in [5.74, 6) is 0.756. The number of nitrogens with zero attached hydrogens (tertiary/aromatic N) is 1. The highest BCUT2D eigenvalue weighted by Gasteiger charge is 2.22. The number of nitrogens with one attached hydrogen (secondary N) is 1. The first-order chi connectivity index (χ1) is 9.50. The maximum Gasteiger partial charge on any atom is 0.174 e. The van der Waals surface area contributed by atoms with Gasteiger partial charge in [0, 0.05) is 17.5 Å². The fourth-order valence-corrected chi connectivity index (χ4v) is 3.31. The molecule has 0 saturated heterocycles. The molecule has 0 aliphatic carbocycles. The van der Waals surface area contributed by atoms with Crippen LogP contribution in [0.1, 0.15) is 18.5 Å². The minimum atomic E-state index is -3.03. The van der Waals surface area contributed by atoms with Gasteiger partial charge in [-0.25, -0.2) is 8.42 Å². The highest BCUT2D eigenvalue weighted by molar-refractivity contribution is 7.94. The zero-order valence-corrected chi connectivity index (χ0v) is 11.9. The van der Waals surface area contributed by atoms with E-state index in [0.717, 1.165) is 5.56 Å².